The third-order valence-electron chi connectivity index (χ3n) is 4.22. The topological polar surface area (TPSA) is 20.2 Å². The van der Waals surface area contributed by atoms with E-state index in [1.54, 1.807) is 0 Å². The monoisotopic (exact) mass is 156 g/mol. The second-order valence-corrected chi connectivity index (χ2v) is 4.58. The lowest BCUT2D eigenvalue weighted by atomic mass is 9.93. The van der Waals surface area contributed by atoms with Crippen molar-refractivity contribution in [1.82, 2.24) is 0 Å². The predicted octanol–water partition coefficient (Wildman–Crippen LogP) is 2.44. The standard InChI is InChI=1S/C9H16.CH4O/c1-8(2)7-5-4-6-9(7,8)3;1-2/h7H,4-6H2,1-3H3;2H,1H3. The molecule has 0 aromatic carbocycles. The highest BCUT2D eigenvalue weighted by molar-refractivity contribution is 5.17. The first-order chi connectivity index (χ1) is 5.09. The van der Waals surface area contributed by atoms with E-state index in [1.165, 1.54) is 19.3 Å². The van der Waals surface area contributed by atoms with Crippen molar-refractivity contribution < 1.29 is 5.11 Å². The number of aliphatic hydroxyl groups is 1. The number of fused-ring (bicyclic) bond motifs is 1. The summed E-state index contributed by atoms with van der Waals surface area (Å²) in [7, 11) is 1.00. The first-order valence-electron chi connectivity index (χ1n) is 4.54. The van der Waals surface area contributed by atoms with E-state index in [4.69, 9.17) is 5.11 Å². The van der Waals surface area contributed by atoms with E-state index >= 15 is 0 Å². The molecule has 66 valence electrons. The summed E-state index contributed by atoms with van der Waals surface area (Å²) < 4.78 is 0. The van der Waals surface area contributed by atoms with Crippen LogP contribution in [0.1, 0.15) is 40.0 Å². The van der Waals surface area contributed by atoms with Gasteiger partial charge in [0.2, 0.25) is 0 Å². The van der Waals surface area contributed by atoms with Crippen LogP contribution in [0.2, 0.25) is 0 Å². The van der Waals surface area contributed by atoms with Crippen LogP contribution in [-0.2, 0) is 0 Å². The van der Waals surface area contributed by atoms with Crippen LogP contribution in [0.4, 0.5) is 0 Å². The van der Waals surface area contributed by atoms with Crippen LogP contribution >= 0.6 is 0 Å². The molecule has 0 bridgehead atoms. The normalized spacial score (nSPS) is 43.9. The SMILES string of the molecule is CC1(C)C2CCCC21C.CO. The van der Waals surface area contributed by atoms with Gasteiger partial charge in [0.05, 0.1) is 0 Å². The Morgan fingerprint density at radius 1 is 1.18 bits per heavy atom. The molecule has 1 heteroatoms. The third kappa shape index (κ3) is 0.936. The molecule has 1 nitrogen and oxygen atoms in total. The molecule has 0 heterocycles. The number of hydrogen-bond donors (Lipinski definition) is 1. The molecule has 0 aromatic heterocycles. The average Bonchev–Trinajstić information content (AvgIpc) is 2.39. The van der Waals surface area contributed by atoms with Crippen LogP contribution in [0, 0.1) is 16.7 Å². The van der Waals surface area contributed by atoms with Gasteiger partial charge in [-0.15, -0.1) is 0 Å². The number of hydrogen-bond acceptors (Lipinski definition) is 1. The van der Waals surface area contributed by atoms with Gasteiger partial charge in [-0.2, -0.15) is 0 Å². The van der Waals surface area contributed by atoms with Gasteiger partial charge in [0.25, 0.3) is 0 Å². The minimum atomic E-state index is 0.700. The summed E-state index contributed by atoms with van der Waals surface area (Å²) in [4.78, 5) is 0. The van der Waals surface area contributed by atoms with Gasteiger partial charge in [0.15, 0.2) is 0 Å². The van der Waals surface area contributed by atoms with Crippen molar-refractivity contribution in [3.8, 4) is 0 Å². The first-order valence-corrected chi connectivity index (χ1v) is 4.54. The molecule has 0 saturated heterocycles. The second-order valence-electron chi connectivity index (χ2n) is 4.58. The van der Waals surface area contributed by atoms with Crippen molar-refractivity contribution in [1.29, 1.82) is 0 Å². The Balaban J connectivity index is 0.000000281. The predicted molar refractivity (Wildman–Crippen MR) is 47.4 cm³/mol. The third-order valence-corrected chi connectivity index (χ3v) is 4.22. The van der Waals surface area contributed by atoms with Crippen molar-refractivity contribution in [3.63, 3.8) is 0 Å². The Morgan fingerprint density at radius 3 is 1.91 bits per heavy atom. The van der Waals surface area contributed by atoms with E-state index in [1.807, 2.05) is 0 Å². The summed E-state index contributed by atoms with van der Waals surface area (Å²) in [5.74, 6) is 1.07. The largest absolute Gasteiger partial charge is 0.400 e. The van der Waals surface area contributed by atoms with Gasteiger partial charge >= 0.3 is 0 Å². The average molecular weight is 156 g/mol. The molecule has 1 N–H and O–H groups in total. The first kappa shape index (κ1) is 9.05. The fraction of sp³-hybridized carbons (Fsp3) is 1.00. The number of aliphatic hydroxyl groups excluding tert-OH is 1. The van der Waals surface area contributed by atoms with Gasteiger partial charge in [0.1, 0.15) is 0 Å². The van der Waals surface area contributed by atoms with E-state index in [0.717, 1.165) is 18.4 Å². The molecule has 2 aliphatic rings. The van der Waals surface area contributed by atoms with E-state index in [9.17, 15) is 0 Å². The highest BCUT2D eigenvalue weighted by Gasteiger charge is 2.68. The summed E-state index contributed by atoms with van der Waals surface area (Å²) >= 11 is 0. The van der Waals surface area contributed by atoms with Gasteiger partial charge in [-0.05, 0) is 29.6 Å². The lowest BCUT2D eigenvalue weighted by Gasteiger charge is -2.12. The Bertz CT molecular complexity index is 151. The summed E-state index contributed by atoms with van der Waals surface area (Å²) in [6.45, 7) is 7.32. The fourth-order valence-corrected chi connectivity index (χ4v) is 3.05. The van der Waals surface area contributed by atoms with Crippen LogP contribution in [-0.4, -0.2) is 12.2 Å². The zero-order valence-electron chi connectivity index (χ0n) is 8.15. The van der Waals surface area contributed by atoms with Gasteiger partial charge in [0, 0.05) is 7.11 Å². The maximum Gasteiger partial charge on any atom is 0.0319 e. The van der Waals surface area contributed by atoms with Crippen molar-refractivity contribution >= 4 is 0 Å². The molecule has 2 atom stereocenters. The Kier molecular flexibility index (Phi) is 2.04. The summed E-state index contributed by atoms with van der Waals surface area (Å²) in [5, 5.41) is 7.00. The second kappa shape index (κ2) is 2.48. The maximum absolute atomic E-state index is 7.00. The molecule has 0 aliphatic heterocycles. The van der Waals surface area contributed by atoms with Gasteiger partial charge in [-0.1, -0.05) is 27.2 Å². The van der Waals surface area contributed by atoms with Crippen LogP contribution < -0.4 is 0 Å². The molecule has 2 rings (SSSR count). The summed E-state index contributed by atoms with van der Waals surface area (Å²) in [6, 6.07) is 0. The zero-order valence-corrected chi connectivity index (χ0v) is 8.15. The fourth-order valence-electron chi connectivity index (χ4n) is 3.05. The molecule has 2 fully saturated rings. The van der Waals surface area contributed by atoms with Crippen molar-refractivity contribution in [3.05, 3.63) is 0 Å². The summed E-state index contributed by atoms with van der Waals surface area (Å²) in [6.07, 6.45) is 4.48. The van der Waals surface area contributed by atoms with Gasteiger partial charge < -0.3 is 5.11 Å². The van der Waals surface area contributed by atoms with Crippen molar-refractivity contribution in [2.24, 2.45) is 16.7 Å². The molecule has 0 spiro atoms. The molecule has 2 unspecified atom stereocenters. The highest BCUT2D eigenvalue weighted by atomic mass is 16.2. The summed E-state index contributed by atoms with van der Waals surface area (Å²) in [5.41, 5.74) is 1.46. The molecular formula is C10H20O. The lowest BCUT2D eigenvalue weighted by Crippen LogP contribution is -2.02. The van der Waals surface area contributed by atoms with E-state index in [-0.39, 0.29) is 0 Å². The van der Waals surface area contributed by atoms with Crippen molar-refractivity contribution in [2.45, 2.75) is 40.0 Å². The zero-order chi connectivity index (χ0) is 8.70. The van der Waals surface area contributed by atoms with E-state index in [0.29, 0.717) is 5.41 Å². The van der Waals surface area contributed by atoms with Crippen molar-refractivity contribution in [2.75, 3.05) is 7.11 Å². The minimum Gasteiger partial charge on any atom is -0.400 e. The molecule has 0 amide bonds. The minimum absolute atomic E-state index is 0.700. The quantitative estimate of drug-likeness (QED) is 0.571. The molecule has 11 heavy (non-hydrogen) atoms. The van der Waals surface area contributed by atoms with Gasteiger partial charge in [-0.25, -0.2) is 0 Å². The van der Waals surface area contributed by atoms with Crippen LogP contribution in [0.3, 0.4) is 0 Å². The highest BCUT2D eigenvalue weighted by Crippen LogP contribution is 2.76. The molecule has 2 aliphatic carbocycles. The Morgan fingerprint density at radius 2 is 1.73 bits per heavy atom. The molecule has 0 aromatic rings. The smallest absolute Gasteiger partial charge is 0.0319 e. The molecule has 0 radical (unpaired) electrons. The van der Waals surface area contributed by atoms with Crippen LogP contribution in [0.15, 0.2) is 0 Å². The Hall–Kier alpha value is -0.0400. The molecule has 2 saturated carbocycles. The van der Waals surface area contributed by atoms with Crippen LogP contribution in [0.25, 0.3) is 0 Å². The maximum atomic E-state index is 7.00. The van der Waals surface area contributed by atoms with Crippen LogP contribution in [0.5, 0.6) is 0 Å². The lowest BCUT2D eigenvalue weighted by molar-refractivity contribution is 0.383. The Labute approximate surface area is 69.8 Å². The number of rotatable bonds is 0. The molecular weight excluding hydrogens is 136 g/mol. The van der Waals surface area contributed by atoms with E-state index in [2.05, 4.69) is 20.8 Å². The van der Waals surface area contributed by atoms with Gasteiger partial charge in [-0.3, -0.25) is 0 Å². The van der Waals surface area contributed by atoms with E-state index < -0.39 is 0 Å².